The Morgan fingerprint density at radius 1 is 1.41 bits per heavy atom. The maximum absolute atomic E-state index is 11.4. The Balaban J connectivity index is 1.97. The molecule has 0 spiro atoms. The van der Waals surface area contributed by atoms with E-state index >= 15 is 0 Å². The second-order valence-electron chi connectivity index (χ2n) is 4.51. The number of ketones is 1. The maximum atomic E-state index is 11.4. The molecule has 3 nitrogen and oxygen atoms in total. The molecule has 3 heteroatoms. The molecule has 92 valence electrons. The van der Waals surface area contributed by atoms with Gasteiger partial charge in [-0.15, -0.1) is 0 Å². The maximum Gasteiger partial charge on any atom is 0.163 e. The van der Waals surface area contributed by atoms with Crippen molar-refractivity contribution in [3.63, 3.8) is 0 Å². The van der Waals surface area contributed by atoms with Crippen molar-refractivity contribution in [1.82, 2.24) is 0 Å². The second kappa shape index (κ2) is 5.32. The molecule has 0 N–H and O–H groups in total. The monoisotopic (exact) mass is 234 g/mol. The highest BCUT2D eigenvalue weighted by Gasteiger charge is 2.22. The Hall–Kier alpha value is -1.35. The van der Waals surface area contributed by atoms with Gasteiger partial charge >= 0.3 is 0 Å². The summed E-state index contributed by atoms with van der Waals surface area (Å²) in [6.07, 6.45) is 2.60. The van der Waals surface area contributed by atoms with Crippen LogP contribution < -0.4 is 4.74 Å². The predicted octanol–water partition coefficient (Wildman–Crippen LogP) is 2.84. The van der Waals surface area contributed by atoms with Crippen molar-refractivity contribution in [3.8, 4) is 5.75 Å². The van der Waals surface area contributed by atoms with Crippen molar-refractivity contribution in [2.24, 2.45) is 0 Å². The normalized spacial score (nSPS) is 23.6. The molecule has 1 aliphatic heterocycles. The molecule has 0 amide bonds. The first-order valence-electron chi connectivity index (χ1n) is 6.05. The van der Waals surface area contributed by atoms with Gasteiger partial charge in [0.05, 0.1) is 17.8 Å². The van der Waals surface area contributed by atoms with Crippen molar-refractivity contribution in [2.45, 2.75) is 38.9 Å². The first kappa shape index (κ1) is 12.1. The number of Topliss-reactive ketones (excluding diaryl/α,β-unsaturated/α-hetero) is 1. The van der Waals surface area contributed by atoms with E-state index in [-0.39, 0.29) is 11.9 Å². The van der Waals surface area contributed by atoms with Gasteiger partial charge in [-0.25, -0.2) is 0 Å². The van der Waals surface area contributed by atoms with E-state index in [0.29, 0.717) is 24.0 Å². The summed E-state index contributed by atoms with van der Waals surface area (Å²) in [5.74, 6) is 0.685. The number of carbonyl (C=O) groups excluding carboxylic acids is 1. The van der Waals surface area contributed by atoms with Crippen LogP contribution in [0.3, 0.4) is 0 Å². The number of rotatable bonds is 4. The van der Waals surface area contributed by atoms with Crippen LogP contribution in [0.2, 0.25) is 0 Å². The average Bonchev–Trinajstić information content (AvgIpc) is 2.73. The molecule has 0 bridgehead atoms. The minimum atomic E-state index is 0.0290. The third-order valence-electron chi connectivity index (χ3n) is 3.01. The van der Waals surface area contributed by atoms with Crippen LogP contribution in [0.4, 0.5) is 0 Å². The van der Waals surface area contributed by atoms with Crippen molar-refractivity contribution in [2.75, 3.05) is 6.61 Å². The SMILES string of the molecule is CC(=O)c1ccccc1OCC1CCC(C)O1. The van der Waals surface area contributed by atoms with Gasteiger partial charge in [0.15, 0.2) is 5.78 Å². The Morgan fingerprint density at radius 2 is 2.18 bits per heavy atom. The van der Waals surface area contributed by atoms with Crippen molar-refractivity contribution in [1.29, 1.82) is 0 Å². The van der Waals surface area contributed by atoms with Gasteiger partial charge in [-0.2, -0.15) is 0 Å². The highest BCUT2D eigenvalue weighted by molar-refractivity contribution is 5.96. The van der Waals surface area contributed by atoms with E-state index in [2.05, 4.69) is 6.92 Å². The second-order valence-corrected chi connectivity index (χ2v) is 4.51. The molecular formula is C14H18O3. The first-order chi connectivity index (χ1) is 8.16. The van der Waals surface area contributed by atoms with E-state index < -0.39 is 0 Å². The number of carbonyl (C=O) groups is 1. The fourth-order valence-corrected chi connectivity index (χ4v) is 2.07. The molecule has 1 fully saturated rings. The Bertz CT molecular complexity index is 400. The largest absolute Gasteiger partial charge is 0.490 e. The standard InChI is InChI=1S/C14H18O3/c1-10-7-8-12(17-10)9-16-14-6-4-3-5-13(14)11(2)15/h3-6,10,12H,7-9H2,1-2H3. The summed E-state index contributed by atoms with van der Waals surface area (Å²) >= 11 is 0. The minimum absolute atomic E-state index is 0.0290. The molecule has 2 rings (SSSR count). The smallest absolute Gasteiger partial charge is 0.163 e. The lowest BCUT2D eigenvalue weighted by Gasteiger charge is -2.14. The summed E-state index contributed by atoms with van der Waals surface area (Å²) in [6.45, 7) is 4.15. The van der Waals surface area contributed by atoms with Gasteiger partial charge < -0.3 is 9.47 Å². The molecule has 1 aromatic rings. The summed E-state index contributed by atoms with van der Waals surface area (Å²) in [5, 5.41) is 0. The molecule has 2 atom stereocenters. The van der Waals surface area contributed by atoms with E-state index in [1.807, 2.05) is 18.2 Å². The van der Waals surface area contributed by atoms with Crippen LogP contribution in [0.15, 0.2) is 24.3 Å². The zero-order chi connectivity index (χ0) is 12.3. The highest BCUT2D eigenvalue weighted by atomic mass is 16.5. The van der Waals surface area contributed by atoms with Crippen LogP contribution in [0.1, 0.15) is 37.0 Å². The van der Waals surface area contributed by atoms with Crippen molar-refractivity contribution < 1.29 is 14.3 Å². The zero-order valence-corrected chi connectivity index (χ0v) is 10.3. The van der Waals surface area contributed by atoms with Gasteiger partial charge in [-0.3, -0.25) is 4.79 Å². The quantitative estimate of drug-likeness (QED) is 0.751. The summed E-state index contributed by atoms with van der Waals surface area (Å²) in [7, 11) is 0. The van der Waals surface area contributed by atoms with Gasteiger partial charge in [-0.05, 0) is 38.8 Å². The highest BCUT2D eigenvalue weighted by Crippen LogP contribution is 2.22. The van der Waals surface area contributed by atoms with Gasteiger partial charge in [-0.1, -0.05) is 12.1 Å². The topological polar surface area (TPSA) is 35.5 Å². The lowest BCUT2D eigenvalue weighted by Crippen LogP contribution is -2.18. The van der Waals surface area contributed by atoms with E-state index in [1.54, 1.807) is 13.0 Å². The van der Waals surface area contributed by atoms with Crippen LogP contribution >= 0.6 is 0 Å². The Kier molecular flexibility index (Phi) is 3.79. The average molecular weight is 234 g/mol. The van der Waals surface area contributed by atoms with Crippen molar-refractivity contribution >= 4 is 5.78 Å². The van der Waals surface area contributed by atoms with Crippen LogP contribution in [0.25, 0.3) is 0 Å². The Labute approximate surface area is 102 Å². The summed E-state index contributed by atoms with van der Waals surface area (Å²) in [6, 6.07) is 7.34. The number of para-hydroxylation sites is 1. The van der Waals surface area contributed by atoms with Crippen LogP contribution in [-0.4, -0.2) is 24.6 Å². The molecule has 1 heterocycles. The van der Waals surface area contributed by atoms with E-state index in [9.17, 15) is 4.79 Å². The lowest BCUT2D eigenvalue weighted by molar-refractivity contribution is 0.0262. The van der Waals surface area contributed by atoms with Crippen molar-refractivity contribution in [3.05, 3.63) is 29.8 Å². The van der Waals surface area contributed by atoms with Gasteiger partial charge in [0, 0.05) is 0 Å². The Morgan fingerprint density at radius 3 is 2.82 bits per heavy atom. The van der Waals surface area contributed by atoms with Crippen LogP contribution in [0.5, 0.6) is 5.75 Å². The predicted molar refractivity (Wildman–Crippen MR) is 65.5 cm³/mol. The first-order valence-corrected chi connectivity index (χ1v) is 6.05. The zero-order valence-electron chi connectivity index (χ0n) is 10.3. The van der Waals surface area contributed by atoms with E-state index in [4.69, 9.17) is 9.47 Å². The lowest BCUT2D eigenvalue weighted by atomic mass is 10.1. The molecule has 0 radical (unpaired) electrons. The number of hydrogen-bond donors (Lipinski definition) is 0. The van der Waals surface area contributed by atoms with Crippen LogP contribution in [0, 0.1) is 0 Å². The molecule has 2 unspecified atom stereocenters. The molecule has 0 aliphatic carbocycles. The third kappa shape index (κ3) is 3.07. The van der Waals surface area contributed by atoms with Gasteiger partial charge in [0.1, 0.15) is 12.4 Å². The molecular weight excluding hydrogens is 216 g/mol. The minimum Gasteiger partial charge on any atom is -0.490 e. The van der Waals surface area contributed by atoms with E-state index in [1.165, 1.54) is 0 Å². The molecule has 0 aromatic heterocycles. The summed E-state index contributed by atoms with van der Waals surface area (Å²) < 4.78 is 11.4. The molecule has 17 heavy (non-hydrogen) atoms. The fraction of sp³-hybridized carbons (Fsp3) is 0.500. The summed E-state index contributed by atoms with van der Waals surface area (Å²) in [4.78, 5) is 11.4. The third-order valence-corrected chi connectivity index (χ3v) is 3.01. The molecule has 1 aliphatic rings. The van der Waals surface area contributed by atoms with E-state index in [0.717, 1.165) is 12.8 Å². The fourth-order valence-electron chi connectivity index (χ4n) is 2.07. The molecule has 1 saturated heterocycles. The van der Waals surface area contributed by atoms with Crippen LogP contribution in [-0.2, 0) is 4.74 Å². The van der Waals surface area contributed by atoms with Gasteiger partial charge in [0.25, 0.3) is 0 Å². The molecule has 0 saturated carbocycles. The number of hydrogen-bond acceptors (Lipinski definition) is 3. The number of ether oxygens (including phenoxy) is 2. The number of benzene rings is 1. The summed E-state index contributed by atoms with van der Waals surface area (Å²) in [5.41, 5.74) is 0.638. The van der Waals surface area contributed by atoms with Gasteiger partial charge in [0.2, 0.25) is 0 Å². The molecule has 1 aromatic carbocycles.